The third-order valence-corrected chi connectivity index (χ3v) is 3.21. The maximum Gasteiger partial charge on any atom is 0.0967 e. The van der Waals surface area contributed by atoms with Gasteiger partial charge in [0.1, 0.15) is 0 Å². The van der Waals surface area contributed by atoms with Crippen molar-refractivity contribution < 1.29 is 0 Å². The normalized spacial score (nSPS) is 19.1. The molecule has 1 aliphatic rings. The maximum absolute atomic E-state index is 5.47. The van der Waals surface area contributed by atoms with Crippen LogP contribution in [0.4, 0.5) is 0 Å². The van der Waals surface area contributed by atoms with E-state index in [2.05, 4.69) is 22.1 Å². The van der Waals surface area contributed by atoms with Crippen molar-refractivity contribution in [3.8, 4) is 0 Å². The van der Waals surface area contributed by atoms with Crippen LogP contribution in [0, 0.1) is 5.92 Å². The highest BCUT2D eigenvalue weighted by atomic mass is 15.4. The third-order valence-electron chi connectivity index (χ3n) is 3.21. The van der Waals surface area contributed by atoms with Gasteiger partial charge in [-0.05, 0) is 31.8 Å². The molecule has 0 aliphatic carbocycles. The third kappa shape index (κ3) is 3.02. The molecule has 0 unspecified atom stereocenters. The van der Waals surface area contributed by atoms with Crippen molar-refractivity contribution in [1.82, 2.24) is 19.9 Å². The molecule has 5 heteroatoms. The topological polar surface area (TPSA) is 60.0 Å². The lowest BCUT2D eigenvalue weighted by Crippen LogP contribution is -2.32. The number of hydrogen-bond acceptors (Lipinski definition) is 4. The van der Waals surface area contributed by atoms with E-state index in [9.17, 15) is 0 Å². The first kappa shape index (κ1) is 11.5. The highest BCUT2D eigenvalue weighted by Gasteiger charge is 2.16. The molecule has 0 bridgehead atoms. The Balaban J connectivity index is 1.83. The van der Waals surface area contributed by atoms with Crippen molar-refractivity contribution >= 4 is 0 Å². The number of piperidine rings is 1. The van der Waals surface area contributed by atoms with Crippen molar-refractivity contribution in [2.24, 2.45) is 11.7 Å². The van der Waals surface area contributed by atoms with Gasteiger partial charge in [0.2, 0.25) is 0 Å². The molecule has 5 nitrogen and oxygen atoms in total. The van der Waals surface area contributed by atoms with Crippen LogP contribution in [0.5, 0.6) is 0 Å². The zero-order valence-corrected chi connectivity index (χ0v) is 9.97. The number of rotatable bonds is 4. The minimum Gasteiger partial charge on any atom is -0.329 e. The summed E-state index contributed by atoms with van der Waals surface area (Å²) < 4.78 is 1.82. The molecule has 2 heterocycles. The Labute approximate surface area is 96.6 Å². The van der Waals surface area contributed by atoms with Crippen molar-refractivity contribution in [2.75, 3.05) is 19.6 Å². The van der Waals surface area contributed by atoms with E-state index in [1.165, 1.54) is 25.9 Å². The van der Waals surface area contributed by atoms with E-state index in [-0.39, 0.29) is 0 Å². The fourth-order valence-corrected chi connectivity index (χ4v) is 2.10. The van der Waals surface area contributed by atoms with Crippen LogP contribution in [-0.2, 0) is 13.1 Å². The standard InChI is InChI=1S/C11H21N5/c1-10-2-5-15(6-3-10)8-11-9-16(7-4-12)14-13-11/h9-10H,2-8,12H2,1H3. The van der Waals surface area contributed by atoms with Crippen molar-refractivity contribution in [2.45, 2.75) is 32.9 Å². The molecular weight excluding hydrogens is 202 g/mol. The quantitative estimate of drug-likeness (QED) is 0.806. The summed E-state index contributed by atoms with van der Waals surface area (Å²) in [6.07, 6.45) is 4.61. The highest BCUT2D eigenvalue weighted by Crippen LogP contribution is 2.17. The highest BCUT2D eigenvalue weighted by molar-refractivity contribution is 4.92. The van der Waals surface area contributed by atoms with Gasteiger partial charge in [-0.3, -0.25) is 9.58 Å². The fourth-order valence-electron chi connectivity index (χ4n) is 2.10. The molecule has 16 heavy (non-hydrogen) atoms. The summed E-state index contributed by atoms with van der Waals surface area (Å²) in [5, 5.41) is 8.21. The molecule has 1 aromatic rings. The lowest BCUT2D eigenvalue weighted by molar-refractivity contribution is 0.183. The number of aromatic nitrogens is 3. The number of hydrogen-bond donors (Lipinski definition) is 1. The van der Waals surface area contributed by atoms with E-state index >= 15 is 0 Å². The Morgan fingerprint density at radius 1 is 1.44 bits per heavy atom. The molecule has 0 atom stereocenters. The van der Waals surface area contributed by atoms with Gasteiger partial charge in [-0.1, -0.05) is 12.1 Å². The summed E-state index contributed by atoms with van der Waals surface area (Å²) in [5.41, 5.74) is 6.53. The second-order valence-electron chi connectivity index (χ2n) is 4.72. The van der Waals surface area contributed by atoms with Crippen LogP contribution >= 0.6 is 0 Å². The first-order chi connectivity index (χ1) is 7.78. The summed E-state index contributed by atoms with van der Waals surface area (Å²) in [6, 6.07) is 0. The monoisotopic (exact) mass is 223 g/mol. The zero-order valence-electron chi connectivity index (χ0n) is 9.97. The molecule has 0 amide bonds. The van der Waals surface area contributed by atoms with Crippen LogP contribution in [0.25, 0.3) is 0 Å². The first-order valence-corrected chi connectivity index (χ1v) is 6.09. The number of likely N-dealkylation sites (tertiary alicyclic amines) is 1. The predicted octanol–water partition coefficient (Wildman–Crippen LogP) is 0.469. The van der Waals surface area contributed by atoms with E-state index in [0.29, 0.717) is 6.54 Å². The zero-order chi connectivity index (χ0) is 11.4. The van der Waals surface area contributed by atoms with Gasteiger partial charge in [0.15, 0.2) is 0 Å². The van der Waals surface area contributed by atoms with Crippen LogP contribution in [0.2, 0.25) is 0 Å². The summed E-state index contributed by atoms with van der Waals surface area (Å²) in [7, 11) is 0. The van der Waals surface area contributed by atoms with E-state index in [1.54, 1.807) is 0 Å². The van der Waals surface area contributed by atoms with Crippen molar-refractivity contribution in [3.63, 3.8) is 0 Å². The van der Waals surface area contributed by atoms with E-state index in [4.69, 9.17) is 5.73 Å². The average Bonchev–Trinajstić information content (AvgIpc) is 2.70. The minimum absolute atomic E-state index is 0.615. The van der Waals surface area contributed by atoms with E-state index < -0.39 is 0 Å². The lowest BCUT2D eigenvalue weighted by Gasteiger charge is -2.29. The Morgan fingerprint density at radius 2 is 2.19 bits per heavy atom. The molecule has 0 saturated carbocycles. The van der Waals surface area contributed by atoms with Gasteiger partial charge in [0, 0.05) is 19.3 Å². The summed E-state index contributed by atoms with van der Waals surface area (Å²) in [6.45, 7) is 7.00. The van der Waals surface area contributed by atoms with Crippen molar-refractivity contribution in [3.05, 3.63) is 11.9 Å². The molecule has 0 radical (unpaired) electrons. The molecule has 1 fully saturated rings. The van der Waals surface area contributed by atoms with Crippen LogP contribution in [0.1, 0.15) is 25.5 Å². The Bertz CT molecular complexity index is 314. The van der Waals surface area contributed by atoms with Gasteiger partial charge < -0.3 is 5.73 Å². The molecule has 1 aliphatic heterocycles. The second kappa shape index (κ2) is 5.41. The maximum atomic E-state index is 5.47. The van der Waals surface area contributed by atoms with Crippen LogP contribution < -0.4 is 5.73 Å². The number of nitrogens with zero attached hydrogens (tertiary/aromatic N) is 4. The fraction of sp³-hybridized carbons (Fsp3) is 0.818. The second-order valence-corrected chi connectivity index (χ2v) is 4.72. The van der Waals surface area contributed by atoms with Crippen LogP contribution in [0.3, 0.4) is 0 Å². The van der Waals surface area contributed by atoms with Gasteiger partial charge in [0.05, 0.1) is 12.2 Å². The predicted molar refractivity (Wildman–Crippen MR) is 62.8 cm³/mol. The van der Waals surface area contributed by atoms with Gasteiger partial charge in [-0.2, -0.15) is 0 Å². The van der Waals surface area contributed by atoms with Gasteiger partial charge >= 0.3 is 0 Å². The molecular formula is C11H21N5. The molecule has 2 rings (SSSR count). The molecule has 0 spiro atoms. The molecule has 0 aromatic carbocycles. The summed E-state index contributed by atoms with van der Waals surface area (Å²) >= 11 is 0. The van der Waals surface area contributed by atoms with Gasteiger partial charge in [-0.15, -0.1) is 5.10 Å². The van der Waals surface area contributed by atoms with Crippen LogP contribution in [0.15, 0.2) is 6.20 Å². The number of nitrogens with two attached hydrogens (primary N) is 1. The van der Waals surface area contributed by atoms with Crippen LogP contribution in [-0.4, -0.2) is 39.5 Å². The van der Waals surface area contributed by atoms with Gasteiger partial charge in [-0.25, -0.2) is 0 Å². The van der Waals surface area contributed by atoms with E-state index in [0.717, 1.165) is 24.7 Å². The lowest BCUT2D eigenvalue weighted by atomic mass is 9.99. The molecule has 1 saturated heterocycles. The molecule has 2 N–H and O–H groups in total. The SMILES string of the molecule is CC1CCN(Cc2cn(CCN)nn2)CC1. The summed E-state index contributed by atoms with van der Waals surface area (Å²) in [4.78, 5) is 2.46. The molecule has 90 valence electrons. The smallest absolute Gasteiger partial charge is 0.0967 e. The Kier molecular flexibility index (Phi) is 3.90. The van der Waals surface area contributed by atoms with Crippen molar-refractivity contribution in [1.29, 1.82) is 0 Å². The average molecular weight is 223 g/mol. The minimum atomic E-state index is 0.615. The Morgan fingerprint density at radius 3 is 2.88 bits per heavy atom. The first-order valence-electron chi connectivity index (χ1n) is 6.09. The van der Waals surface area contributed by atoms with E-state index in [1.807, 2.05) is 10.9 Å². The largest absolute Gasteiger partial charge is 0.329 e. The molecule has 1 aromatic heterocycles. The van der Waals surface area contributed by atoms with Gasteiger partial charge in [0.25, 0.3) is 0 Å². The summed E-state index contributed by atoms with van der Waals surface area (Å²) in [5.74, 6) is 0.879. The Hall–Kier alpha value is -0.940.